The first-order valence-electron chi connectivity index (χ1n) is 18.6. The maximum Gasteiger partial charge on any atom is 0.135 e. The molecule has 1 atom stereocenters. The van der Waals surface area contributed by atoms with Crippen LogP contribution >= 0.6 is 0 Å². The molecule has 10 rings (SSSR count). The summed E-state index contributed by atoms with van der Waals surface area (Å²) >= 11 is 0. The predicted octanol–water partition coefficient (Wildman–Crippen LogP) is 13.9. The Morgan fingerprint density at radius 3 is 2.02 bits per heavy atom. The largest absolute Gasteiger partial charge is 0.456 e. The minimum Gasteiger partial charge on any atom is -0.456 e. The Labute approximate surface area is 311 Å². The average molecular weight is 682 g/mol. The van der Waals surface area contributed by atoms with Crippen LogP contribution in [0.4, 0.5) is 11.4 Å². The van der Waals surface area contributed by atoms with E-state index in [-0.39, 0.29) is 11.3 Å². The van der Waals surface area contributed by atoms with Crippen LogP contribution in [0.5, 0.6) is 0 Å². The molecule has 0 N–H and O–H groups in total. The van der Waals surface area contributed by atoms with Gasteiger partial charge in [0.05, 0.1) is 0 Å². The molecule has 0 aliphatic heterocycles. The van der Waals surface area contributed by atoms with E-state index >= 15 is 0 Å². The molecule has 0 saturated carbocycles. The first-order chi connectivity index (χ1) is 26.0. The van der Waals surface area contributed by atoms with Crippen LogP contribution in [0.15, 0.2) is 192 Å². The van der Waals surface area contributed by atoms with Crippen LogP contribution in [0, 0.1) is 0 Å². The number of anilines is 2. The van der Waals surface area contributed by atoms with Crippen molar-refractivity contribution < 1.29 is 4.42 Å². The van der Waals surface area contributed by atoms with Crippen molar-refractivity contribution in [2.75, 3.05) is 4.90 Å². The number of para-hydroxylation sites is 1. The fraction of sp³-hybridized carbons (Fsp3) is 0.0980. The smallest absolute Gasteiger partial charge is 0.135 e. The summed E-state index contributed by atoms with van der Waals surface area (Å²) < 4.78 is 6.14. The van der Waals surface area contributed by atoms with Crippen molar-refractivity contribution in [3.63, 3.8) is 0 Å². The lowest BCUT2D eigenvalue weighted by molar-refractivity contribution is 0.660. The number of nitrogens with zero attached hydrogens (tertiary/aromatic N) is 1. The van der Waals surface area contributed by atoms with Crippen molar-refractivity contribution in [2.24, 2.45) is 0 Å². The molecule has 2 nitrogen and oxygen atoms in total. The second-order valence-corrected chi connectivity index (χ2v) is 14.9. The zero-order valence-electron chi connectivity index (χ0n) is 30.0. The molecule has 0 spiro atoms. The van der Waals surface area contributed by atoms with E-state index in [0.717, 1.165) is 39.7 Å². The van der Waals surface area contributed by atoms with Gasteiger partial charge in [-0.2, -0.15) is 0 Å². The van der Waals surface area contributed by atoms with E-state index in [9.17, 15) is 0 Å². The van der Waals surface area contributed by atoms with Gasteiger partial charge >= 0.3 is 0 Å². The summed E-state index contributed by atoms with van der Waals surface area (Å²) in [4.78, 5) is 2.47. The third kappa shape index (κ3) is 5.33. The number of hydrogen-bond donors (Lipinski definition) is 0. The highest BCUT2D eigenvalue weighted by Gasteiger charge is 2.36. The van der Waals surface area contributed by atoms with E-state index in [4.69, 9.17) is 4.42 Å². The average Bonchev–Trinajstić information content (AvgIpc) is 3.70. The van der Waals surface area contributed by atoms with Crippen molar-refractivity contribution in [1.29, 1.82) is 0 Å². The van der Waals surface area contributed by atoms with Gasteiger partial charge in [0.1, 0.15) is 11.2 Å². The van der Waals surface area contributed by atoms with E-state index in [2.05, 4.69) is 189 Å². The molecule has 1 aromatic heterocycles. The highest BCUT2D eigenvalue weighted by molar-refractivity contribution is 6.06. The SMILES string of the molecule is CC1(C)c2ccccc2-c2ccc(N(C3=CC(c4ccccc4)CC(c4ccccc4)=C3)c3ccc(-c4ccc5oc6ccccc6c5c4)cc3)cc21. The summed E-state index contributed by atoms with van der Waals surface area (Å²) in [6, 6.07) is 61.7. The highest BCUT2D eigenvalue weighted by Crippen LogP contribution is 2.51. The third-order valence-electron chi connectivity index (χ3n) is 11.4. The first-order valence-corrected chi connectivity index (χ1v) is 18.6. The molecule has 2 aliphatic carbocycles. The summed E-state index contributed by atoms with van der Waals surface area (Å²) in [5.74, 6) is 0.236. The molecule has 254 valence electrons. The van der Waals surface area contributed by atoms with Gasteiger partial charge in [-0.3, -0.25) is 0 Å². The molecule has 0 bridgehead atoms. The lowest BCUT2D eigenvalue weighted by Crippen LogP contribution is -2.20. The molecule has 53 heavy (non-hydrogen) atoms. The van der Waals surface area contributed by atoms with Gasteiger partial charge < -0.3 is 9.32 Å². The fourth-order valence-corrected chi connectivity index (χ4v) is 8.68. The molecule has 2 aliphatic rings. The van der Waals surface area contributed by atoms with Gasteiger partial charge in [0.15, 0.2) is 0 Å². The minimum absolute atomic E-state index is 0.105. The highest BCUT2D eigenvalue weighted by atomic mass is 16.3. The van der Waals surface area contributed by atoms with Crippen molar-refractivity contribution in [1.82, 2.24) is 0 Å². The van der Waals surface area contributed by atoms with Crippen molar-refractivity contribution in [3.05, 3.63) is 210 Å². The summed E-state index contributed by atoms with van der Waals surface area (Å²) in [7, 11) is 0. The maximum absolute atomic E-state index is 6.14. The van der Waals surface area contributed by atoms with Crippen LogP contribution in [-0.2, 0) is 5.41 Å². The molecule has 1 heterocycles. The molecule has 2 heteroatoms. The van der Waals surface area contributed by atoms with Crippen LogP contribution in [0.2, 0.25) is 0 Å². The van der Waals surface area contributed by atoms with Crippen molar-refractivity contribution in [2.45, 2.75) is 31.6 Å². The zero-order valence-corrected chi connectivity index (χ0v) is 30.0. The number of fused-ring (bicyclic) bond motifs is 6. The third-order valence-corrected chi connectivity index (χ3v) is 11.4. The molecule has 0 radical (unpaired) electrons. The lowest BCUT2D eigenvalue weighted by Gasteiger charge is -2.32. The number of hydrogen-bond acceptors (Lipinski definition) is 2. The number of benzene rings is 7. The Morgan fingerprint density at radius 2 is 1.19 bits per heavy atom. The molecular weight excluding hydrogens is 643 g/mol. The van der Waals surface area contributed by atoms with E-state index < -0.39 is 0 Å². The van der Waals surface area contributed by atoms with Crippen LogP contribution < -0.4 is 4.90 Å². The number of rotatable bonds is 6. The van der Waals surface area contributed by atoms with Gasteiger partial charge in [-0.15, -0.1) is 0 Å². The zero-order chi connectivity index (χ0) is 35.5. The first kappa shape index (κ1) is 31.4. The molecule has 0 saturated heterocycles. The second kappa shape index (κ2) is 12.4. The molecule has 7 aromatic carbocycles. The normalized spacial score (nSPS) is 15.8. The van der Waals surface area contributed by atoms with Gasteiger partial charge in [0.25, 0.3) is 0 Å². The summed E-state index contributed by atoms with van der Waals surface area (Å²) in [5.41, 5.74) is 16.9. The van der Waals surface area contributed by atoms with Crippen LogP contribution in [0.3, 0.4) is 0 Å². The van der Waals surface area contributed by atoms with Gasteiger partial charge in [0.2, 0.25) is 0 Å². The Balaban J connectivity index is 1.13. The Kier molecular flexibility index (Phi) is 7.33. The lowest BCUT2D eigenvalue weighted by atomic mass is 9.82. The standard InChI is InChI=1S/C51H39NO/c1-51(2)47-19-11-9-17-43(47)44-27-26-41(33-48(44)51)52(42-30-38(34-13-5-3-6-14-34)29-39(31-42)35-15-7-4-8-16-35)40-24-21-36(22-25-40)37-23-28-50-46(32-37)45-18-10-12-20-49(45)53-50/h3-28,30-33,38H,29H2,1-2H3. The Bertz CT molecular complexity index is 2710. The summed E-state index contributed by atoms with van der Waals surface area (Å²) in [6.45, 7) is 4.72. The van der Waals surface area contributed by atoms with E-state index in [0.29, 0.717) is 0 Å². The fourth-order valence-electron chi connectivity index (χ4n) is 8.68. The van der Waals surface area contributed by atoms with Crippen LogP contribution in [-0.4, -0.2) is 0 Å². The van der Waals surface area contributed by atoms with Crippen LogP contribution in [0.1, 0.15) is 48.4 Å². The van der Waals surface area contributed by atoms with Gasteiger partial charge in [-0.1, -0.05) is 147 Å². The van der Waals surface area contributed by atoms with Gasteiger partial charge in [-0.25, -0.2) is 0 Å². The van der Waals surface area contributed by atoms with E-state index in [1.807, 2.05) is 12.1 Å². The molecule has 1 unspecified atom stereocenters. The minimum atomic E-state index is -0.105. The van der Waals surface area contributed by atoms with Crippen molar-refractivity contribution in [3.8, 4) is 22.3 Å². The number of furan rings is 1. The maximum atomic E-state index is 6.14. The number of allylic oxidation sites excluding steroid dienone is 3. The van der Waals surface area contributed by atoms with Gasteiger partial charge in [-0.05, 0) is 105 Å². The Morgan fingerprint density at radius 1 is 0.528 bits per heavy atom. The predicted molar refractivity (Wildman–Crippen MR) is 222 cm³/mol. The Hall–Kier alpha value is -6.38. The second-order valence-electron chi connectivity index (χ2n) is 14.9. The van der Waals surface area contributed by atoms with Gasteiger partial charge in [0, 0.05) is 39.2 Å². The van der Waals surface area contributed by atoms with Crippen LogP contribution in [0.25, 0.3) is 49.8 Å². The molecule has 8 aromatic rings. The topological polar surface area (TPSA) is 16.4 Å². The summed E-state index contributed by atoms with van der Waals surface area (Å²) in [6.07, 6.45) is 5.83. The summed E-state index contributed by atoms with van der Waals surface area (Å²) in [5, 5.41) is 2.29. The quantitative estimate of drug-likeness (QED) is 0.174. The van der Waals surface area contributed by atoms with E-state index in [1.165, 1.54) is 55.8 Å². The van der Waals surface area contributed by atoms with E-state index in [1.54, 1.807) is 0 Å². The molecule has 0 amide bonds. The molecule has 0 fully saturated rings. The van der Waals surface area contributed by atoms with Crippen molar-refractivity contribution >= 4 is 38.9 Å². The molecular formula is C51H39NO. The monoisotopic (exact) mass is 681 g/mol.